The molecule has 2 N–H and O–H groups in total. The summed E-state index contributed by atoms with van der Waals surface area (Å²) in [6.45, 7) is 1.97. The minimum atomic E-state index is -1.24. The van der Waals surface area contributed by atoms with Crippen LogP contribution in [0.25, 0.3) is 11.1 Å². The van der Waals surface area contributed by atoms with Gasteiger partial charge in [0.15, 0.2) is 0 Å². The first-order valence-electron chi connectivity index (χ1n) is 12.5. The summed E-state index contributed by atoms with van der Waals surface area (Å²) in [6, 6.07) is 18.4. The zero-order chi connectivity index (χ0) is 25.9. The van der Waals surface area contributed by atoms with Crippen LogP contribution in [0.1, 0.15) is 41.9 Å². The van der Waals surface area contributed by atoms with Crippen molar-refractivity contribution >= 4 is 41.0 Å². The number of nitrogens with zero attached hydrogens (tertiary/aromatic N) is 1. The van der Waals surface area contributed by atoms with Gasteiger partial charge in [0.05, 0.1) is 0 Å². The highest BCUT2D eigenvalue weighted by atomic mass is 35.5. The maximum Gasteiger partial charge on any atom is 0.407 e. The number of carbonyl (C=O) groups is 2. The summed E-state index contributed by atoms with van der Waals surface area (Å²) < 4.78 is 5.53. The van der Waals surface area contributed by atoms with Gasteiger partial charge in [0, 0.05) is 41.2 Å². The third-order valence-electron chi connectivity index (χ3n) is 7.19. The second-order valence-corrected chi connectivity index (χ2v) is 10.3. The number of halogens is 2. The molecule has 3 aromatic carbocycles. The van der Waals surface area contributed by atoms with Gasteiger partial charge >= 0.3 is 12.1 Å². The topological polar surface area (TPSA) is 78.9 Å². The molecule has 0 saturated carbocycles. The van der Waals surface area contributed by atoms with Crippen molar-refractivity contribution in [2.75, 3.05) is 24.6 Å². The fraction of sp³-hybridized carbons (Fsp3) is 0.310. The predicted octanol–water partition coefficient (Wildman–Crippen LogP) is 6.52. The molecule has 37 heavy (non-hydrogen) atoms. The van der Waals surface area contributed by atoms with Gasteiger partial charge in [-0.25, -0.2) is 9.59 Å². The highest BCUT2D eigenvalue weighted by molar-refractivity contribution is 6.36. The molecule has 0 spiro atoms. The molecule has 0 radical (unpaired) electrons. The molecule has 5 rings (SSSR count). The molecule has 1 atom stereocenters. The van der Waals surface area contributed by atoms with Crippen LogP contribution in [0.4, 0.5) is 10.5 Å². The lowest BCUT2D eigenvalue weighted by atomic mass is 9.98. The van der Waals surface area contributed by atoms with Crippen molar-refractivity contribution in [3.8, 4) is 11.1 Å². The van der Waals surface area contributed by atoms with E-state index in [0.717, 1.165) is 53.9 Å². The summed E-state index contributed by atoms with van der Waals surface area (Å²) in [5.41, 5.74) is 5.81. The second kappa shape index (κ2) is 11.0. The van der Waals surface area contributed by atoms with E-state index in [9.17, 15) is 14.7 Å². The van der Waals surface area contributed by atoms with Crippen LogP contribution in [0.5, 0.6) is 0 Å². The van der Waals surface area contributed by atoms with E-state index in [-0.39, 0.29) is 18.9 Å². The smallest absolute Gasteiger partial charge is 0.407 e. The van der Waals surface area contributed by atoms with Crippen molar-refractivity contribution in [1.82, 2.24) is 5.32 Å². The number of piperidine rings is 1. The van der Waals surface area contributed by atoms with Gasteiger partial charge in [-0.15, -0.1) is 0 Å². The number of rotatable bonds is 7. The highest BCUT2D eigenvalue weighted by Gasteiger charge is 2.30. The normalized spacial score (nSPS) is 15.6. The first-order valence-corrected chi connectivity index (χ1v) is 13.2. The molecule has 192 valence electrons. The third-order valence-corrected chi connectivity index (χ3v) is 7.86. The Hall–Kier alpha value is -3.22. The summed E-state index contributed by atoms with van der Waals surface area (Å²) in [4.78, 5) is 26.9. The largest absolute Gasteiger partial charge is 0.480 e. The Morgan fingerprint density at radius 3 is 2.08 bits per heavy atom. The van der Waals surface area contributed by atoms with Gasteiger partial charge in [0.1, 0.15) is 12.6 Å². The number of ether oxygens (including phenoxy) is 1. The third kappa shape index (κ3) is 5.41. The molecule has 3 aromatic rings. The number of fused-ring (bicyclic) bond motifs is 3. The van der Waals surface area contributed by atoms with Crippen LogP contribution in [-0.2, 0) is 16.0 Å². The summed E-state index contributed by atoms with van der Waals surface area (Å²) >= 11 is 13.1. The first kappa shape index (κ1) is 25.4. The van der Waals surface area contributed by atoms with Crippen molar-refractivity contribution in [1.29, 1.82) is 0 Å². The van der Waals surface area contributed by atoms with Crippen LogP contribution in [-0.4, -0.2) is 42.9 Å². The predicted molar refractivity (Wildman–Crippen MR) is 146 cm³/mol. The number of carboxylic acid groups (broad SMARTS) is 1. The van der Waals surface area contributed by atoms with E-state index in [1.807, 2.05) is 48.5 Å². The number of nitrogens with one attached hydrogen (secondary N) is 1. The fourth-order valence-electron chi connectivity index (χ4n) is 5.31. The molecule has 0 bridgehead atoms. The molecule has 0 aromatic heterocycles. The molecule has 1 fully saturated rings. The van der Waals surface area contributed by atoms with Gasteiger partial charge in [-0.3, -0.25) is 0 Å². The Morgan fingerprint density at radius 2 is 1.51 bits per heavy atom. The Bertz CT molecular complexity index is 1250. The highest BCUT2D eigenvalue weighted by Crippen LogP contribution is 2.44. The number of alkyl carbamates (subject to hydrolysis) is 1. The molecule has 1 unspecified atom stereocenters. The summed E-state index contributed by atoms with van der Waals surface area (Å²) in [5, 5.41) is 13.0. The zero-order valence-corrected chi connectivity index (χ0v) is 21.8. The van der Waals surface area contributed by atoms with Gasteiger partial charge in [-0.2, -0.15) is 0 Å². The number of carbonyl (C=O) groups excluding carboxylic acids is 1. The van der Waals surface area contributed by atoms with E-state index in [2.05, 4.69) is 22.3 Å². The van der Waals surface area contributed by atoms with Gasteiger partial charge in [-0.1, -0.05) is 71.7 Å². The summed E-state index contributed by atoms with van der Waals surface area (Å²) in [5.74, 6) is -1.31. The van der Waals surface area contributed by atoms with Crippen molar-refractivity contribution < 1.29 is 19.4 Å². The van der Waals surface area contributed by atoms with Crippen LogP contribution in [0.3, 0.4) is 0 Å². The maximum atomic E-state index is 12.7. The van der Waals surface area contributed by atoms with Crippen LogP contribution in [0.2, 0.25) is 10.0 Å². The molecular weight excluding hydrogens is 511 g/mol. The van der Waals surface area contributed by atoms with Gasteiger partial charge in [0.25, 0.3) is 0 Å². The SMILES string of the molecule is O=C(NC(Cc1c(Cl)cc(N2CCCCC2)cc1Cl)C(=O)O)OCC1c2ccccc2-c2ccccc21. The standard InChI is InChI=1S/C29H28Cl2N2O4/c30-25-14-18(33-12-6-1-7-13-33)15-26(31)23(25)16-27(28(34)35)32-29(36)37-17-24-21-10-4-2-8-19(21)20-9-3-5-11-22(20)24/h2-5,8-11,14-15,24,27H,1,6-7,12-13,16-17H2,(H,32,36)(H,34,35). The number of aliphatic carboxylic acids is 1. The van der Waals surface area contributed by atoms with Crippen molar-refractivity contribution in [3.05, 3.63) is 87.4 Å². The van der Waals surface area contributed by atoms with E-state index < -0.39 is 18.1 Å². The van der Waals surface area contributed by atoms with E-state index in [4.69, 9.17) is 27.9 Å². The lowest BCUT2D eigenvalue weighted by Gasteiger charge is -2.29. The molecule has 1 heterocycles. The number of benzene rings is 3. The minimum Gasteiger partial charge on any atom is -0.480 e. The van der Waals surface area contributed by atoms with Crippen molar-refractivity contribution in [3.63, 3.8) is 0 Å². The summed E-state index contributed by atoms with van der Waals surface area (Å²) in [6.07, 6.45) is 2.58. The Morgan fingerprint density at radius 1 is 0.946 bits per heavy atom. The lowest BCUT2D eigenvalue weighted by molar-refractivity contribution is -0.139. The average molecular weight is 539 g/mol. The molecule has 8 heteroatoms. The van der Waals surface area contributed by atoms with E-state index in [1.54, 1.807) is 0 Å². The van der Waals surface area contributed by atoms with Gasteiger partial charge < -0.3 is 20.1 Å². The zero-order valence-electron chi connectivity index (χ0n) is 20.3. The van der Waals surface area contributed by atoms with Crippen LogP contribution < -0.4 is 10.2 Å². The Balaban J connectivity index is 1.26. The minimum absolute atomic E-state index is 0.0581. The van der Waals surface area contributed by atoms with Crippen LogP contribution in [0, 0.1) is 0 Å². The quantitative estimate of drug-likeness (QED) is 0.358. The molecule has 1 aliphatic carbocycles. The molecule has 6 nitrogen and oxygen atoms in total. The van der Waals surface area contributed by atoms with E-state index in [0.29, 0.717) is 15.6 Å². The number of anilines is 1. The number of hydrogen-bond acceptors (Lipinski definition) is 4. The molecule has 2 aliphatic rings. The fourth-order valence-corrected chi connectivity index (χ4v) is 5.94. The van der Waals surface area contributed by atoms with E-state index in [1.165, 1.54) is 6.42 Å². The molecule has 1 saturated heterocycles. The molecule has 1 aliphatic heterocycles. The van der Waals surface area contributed by atoms with Crippen LogP contribution >= 0.6 is 23.2 Å². The van der Waals surface area contributed by atoms with Gasteiger partial charge in [-0.05, 0) is 59.2 Å². The summed E-state index contributed by atoms with van der Waals surface area (Å²) in [7, 11) is 0. The second-order valence-electron chi connectivity index (χ2n) is 9.50. The number of carboxylic acids is 1. The van der Waals surface area contributed by atoms with Crippen molar-refractivity contribution in [2.24, 2.45) is 0 Å². The monoisotopic (exact) mass is 538 g/mol. The maximum absolute atomic E-state index is 12.7. The lowest BCUT2D eigenvalue weighted by Crippen LogP contribution is -2.43. The van der Waals surface area contributed by atoms with Crippen molar-refractivity contribution in [2.45, 2.75) is 37.6 Å². The van der Waals surface area contributed by atoms with Crippen LogP contribution in [0.15, 0.2) is 60.7 Å². The Labute approximate surface area is 226 Å². The Kier molecular flexibility index (Phi) is 7.58. The van der Waals surface area contributed by atoms with Gasteiger partial charge in [0.2, 0.25) is 0 Å². The van der Waals surface area contributed by atoms with E-state index >= 15 is 0 Å². The number of amides is 1. The number of hydrogen-bond donors (Lipinski definition) is 2. The average Bonchev–Trinajstić information content (AvgIpc) is 3.22. The molecule has 1 amide bonds. The molecular formula is C29H28Cl2N2O4. The first-order chi connectivity index (χ1) is 17.9.